The number of hydrogen-bond acceptors (Lipinski definition) is 4. The van der Waals surface area contributed by atoms with E-state index < -0.39 is 0 Å². The van der Waals surface area contributed by atoms with Gasteiger partial charge in [0.25, 0.3) is 0 Å². The van der Waals surface area contributed by atoms with E-state index in [-0.39, 0.29) is 17.4 Å². The number of carbonyl (C=O) groups excluding carboxylic acids is 1. The lowest BCUT2D eigenvalue weighted by Gasteiger charge is -2.31. The number of hydrogen-bond donors (Lipinski definition) is 1. The van der Waals surface area contributed by atoms with Crippen LogP contribution >= 0.6 is 11.8 Å². The van der Waals surface area contributed by atoms with Crippen molar-refractivity contribution in [1.29, 1.82) is 0 Å². The molecule has 1 heterocycles. The first-order valence-electron chi connectivity index (χ1n) is 8.89. The largest absolute Gasteiger partial charge is 0.448 e. The third-order valence-electron chi connectivity index (χ3n) is 4.98. The van der Waals surface area contributed by atoms with Gasteiger partial charge in [0.15, 0.2) is 0 Å². The molecule has 0 saturated heterocycles. The third kappa shape index (κ3) is 3.13. The zero-order valence-electron chi connectivity index (χ0n) is 14.5. The molecule has 0 spiro atoms. The quantitative estimate of drug-likeness (QED) is 0.652. The molecule has 2 aromatic carbocycles. The molecule has 1 aliphatic carbocycles. The summed E-state index contributed by atoms with van der Waals surface area (Å²) in [6, 6.07) is 16.7. The molecule has 0 aromatic heterocycles. The minimum absolute atomic E-state index is 0.0376. The third-order valence-corrected chi connectivity index (χ3v) is 5.93. The number of rotatable bonds is 4. The first-order chi connectivity index (χ1) is 12.8. The molecule has 2 N–H and O–H groups in total. The van der Waals surface area contributed by atoms with Crippen LogP contribution < -0.4 is 5.73 Å². The van der Waals surface area contributed by atoms with Crippen molar-refractivity contribution in [3.8, 4) is 11.1 Å². The molecule has 2 aromatic rings. The summed E-state index contributed by atoms with van der Waals surface area (Å²) in [6.45, 7) is 1.03. The normalized spacial score (nSPS) is 18.5. The predicted molar refractivity (Wildman–Crippen MR) is 106 cm³/mol. The number of thioether (sulfide) groups is 1. The van der Waals surface area contributed by atoms with E-state index in [0.29, 0.717) is 19.0 Å². The molecule has 1 amide bonds. The average Bonchev–Trinajstić information content (AvgIpc) is 3.01. The van der Waals surface area contributed by atoms with Crippen LogP contribution in [0.4, 0.5) is 4.79 Å². The monoisotopic (exact) mass is 366 g/mol. The Morgan fingerprint density at radius 1 is 1.12 bits per heavy atom. The number of fused-ring (bicyclic) bond motifs is 3. The van der Waals surface area contributed by atoms with Crippen molar-refractivity contribution < 1.29 is 9.53 Å². The van der Waals surface area contributed by atoms with E-state index in [1.807, 2.05) is 18.2 Å². The van der Waals surface area contributed by atoms with Crippen molar-refractivity contribution in [2.24, 2.45) is 5.73 Å². The maximum Gasteiger partial charge on any atom is 0.410 e. The molecule has 5 heteroatoms. The molecular formula is C21H22N2O2S. The van der Waals surface area contributed by atoms with Gasteiger partial charge in [0.2, 0.25) is 0 Å². The van der Waals surface area contributed by atoms with Crippen molar-refractivity contribution in [3.05, 3.63) is 71.8 Å². The van der Waals surface area contributed by atoms with E-state index in [2.05, 4.69) is 42.5 Å². The standard InChI is InChI=1S/C21H22N2O2S/c22-14-26-20-11-5-6-12-23(20)21(24)25-13-19-17-9-3-1-7-15(17)16-8-2-4-10-18(16)19/h1-5,7-11,19-20H,6,12-14,22H2. The van der Waals surface area contributed by atoms with Crippen LogP contribution in [0.15, 0.2) is 60.7 Å². The van der Waals surface area contributed by atoms with Crippen LogP contribution in [-0.4, -0.2) is 35.4 Å². The second-order valence-corrected chi connectivity index (χ2v) is 7.59. The van der Waals surface area contributed by atoms with Crippen LogP contribution in [0.2, 0.25) is 0 Å². The Morgan fingerprint density at radius 2 is 1.77 bits per heavy atom. The zero-order chi connectivity index (χ0) is 17.9. The first-order valence-corrected chi connectivity index (χ1v) is 9.94. The molecule has 1 atom stereocenters. The molecule has 4 rings (SSSR count). The fourth-order valence-corrected chi connectivity index (χ4v) is 4.56. The zero-order valence-corrected chi connectivity index (χ0v) is 15.3. The van der Waals surface area contributed by atoms with E-state index in [9.17, 15) is 4.79 Å². The molecule has 0 bridgehead atoms. The van der Waals surface area contributed by atoms with Crippen molar-refractivity contribution >= 4 is 17.9 Å². The maximum absolute atomic E-state index is 12.7. The number of benzene rings is 2. The van der Waals surface area contributed by atoms with E-state index in [1.165, 1.54) is 34.0 Å². The number of ether oxygens (including phenoxy) is 1. The van der Waals surface area contributed by atoms with Gasteiger partial charge >= 0.3 is 6.09 Å². The lowest BCUT2D eigenvalue weighted by Crippen LogP contribution is -2.41. The molecule has 2 aliphatic rings. The molecule has 0 saturated carbocycles. The average molecular weight is 366 g/mol. The van der Waals surface area contributed by atoms with E-state index >= 15 is 0 Å². The van der Waals surface area contributed by atoms with E-state index in [1.54, 1.807) is 4.90 Å². The highest BCUT2D eigenvalue weighted by Gasteiger charge is 2.31. The van der Waals surface area contributed by atoms with E-state index in [0.717, 1.165) is 6.42 Å². The molecular weight excluding hydrogens is 344 g/mol. The van der Waals surface area contributed by atoms with Gasteiger partial charge in [-0.25, -0.2) is 4.79 Å². The summed E-state index contributed by atoms with van der Waals surface area (Å²) in [6.07, 6.45) is 4.72. The van der Waals surface area contributed by atoms with Gasteiger partial charge in [0.05, 0.1) is 0 Å². The minimum Gasteiger partial charge on any atom is -0.448 e. The molecule has 1 unspecified atom stereocenters. The minimum atomic E-state index is -0.262. The van der Waals surface area contributed by atoms with Crippen LogP contribution in [0.3, 0.4) is 0 Å². The Morgan fingerprint density at radius 3 is 2.42 bits per heavy atom. The van der Waals surface area contributed by atoms with Crippen molar-refractivity contribution in [2.45, 2.75) is 17.7 Å². The Labute approximate surface area is 158 Å². The summed E-state index contributed by atoms with van der Waals surface area (Å²) in [5, 5.41) is -0.0376. The van der Waals surface area contributed by atoms with Crippen molar-refractivity contribution in [1.82, 2.24) is 4.90 Å². The van der Waals surface area contributed by atoms with Crippen LogP contribution in [0.25, 0.3) is 11.1 Å². The van der Waals surface area contributed by atoms with Gasteiger partial charge in [-0.15, -0.1) is 11.8 Å². The van der Waals surface area contributed by atoms with Gasteiger partial charge in [-0.3, -0.25) is 4.90 Å². The number of nitrogens with two attached hydrogens (primary N) is 1. The summed E-state index contributed by atoms with van der Waals surface area (Å²) in [4.78, 5) is 14.4. The summed E-state index contributed by atoms with van der Waals surface area (Å²) in [7, 11) is 0. The highest BCUT2D eigenvalue weighted by Crippen LogP contribution is 2.44. The number of carbonyl (C=O) groups is 1. The lowest BCUT2D eigenvalue weighted by molar-refractivity contribution is 0.0996. The SMILES string of the molecule is NCSC1C=CCCN1C(=O)OCC1c2ccccc2-c2ccccc21. The second-order valence-electron chi connectivity index (χ2n) is 6.44. The van der Waals surface area contributed by atoms with Crippen molar-refractivity contribution in [2.75, 3.05) is 19.0 Å². The van der Waals surface area contributed by atoms with Crippen LogP contribution in [-0.2, 0) is 4.74 Å². The molecule has 0 fully saturated rings. The Bertz CT molecular complexity index is 791. The van der Waals surface area contributed by atoms with Gasteiger partial charge in [-0.05, 0) is 28.7 Å². The summed E-state index contributed by atoms with van der Waals surface area (Å²) in [5.74, 6) is 0.564. The number of amides is 1. The van der Waals surface area contributed by atoms with Crippen LogP contribution in [0.1, 0.15) is 23.5 Å². The summed E-state index contributed by atoms with van der Waals surface area (Å²) >= 11 is 1.54. The Kier molecular flexibility index (Phi) is 5.00. The van der Waals surface area contributed by atoms with Gasteiger partial charge in [-0.2, -0.15) is 0 Å². The van der Waals surface area contributed by atoms with Gasteiger partial charge in [0.1, 0.15) is 12.0 Å². The number of nitrogens with zero attached hydrogens (tertiary/aromatic N) is 1. The molecule has 134 valence electrons. The molecule has 4 nitrogen and oxygen atoms in total. The fraction of sp³-hybridized carbons (Fsp3) is 0.286. The van der Waals surface area contributed by atoms with E-state index in [4.69, 9.17) is 10.5 Å². The molecule has 26 heavy (non-hydrogen) atoms. The predicted octanol–water partition coefficient (Wildman–Crippen LogP) is 4.17. The molecule has 1 aliphatic heterocycles. The lowest BCUT2D eigenvalue weighted by atomic mass is 9.98. The highest BCUT2D eigenvalue weighted by atomic mass is 32.2. The summed E-state index contributed by atoms with van der Waals surface area (Å²) < 4.78 is 5.75. The summed E-state index contributed by atoms with van der Waals surface area (Å²) in [5.41, 5.74) is 10.6. The highest BCUT2D eigenvalue weighted by molar-refractivity contribution is 7.99. The fourth-order valence-electron chi connectivity index (χ4n) is 3.77. The van der Waals surface area contributed by atoms with Crippen molar-refractivity contribution in [3.63, 3.8) is 0 Å². The van der Waals surface area contributed by atoms with Gasteiger partial charge in [-0.1, -0.05) is 60.7 Å². The molecule has 0 radical (unpaired) electrons. The van der Waals surface area contributed by atoms with Gasteiger partial charge in [0, 0.05) is 18.3 Å². The van der Waals surface area contributed by atoms with Gasteiger partial charge < -0.3 is 10.5 Å². The second kappa shape index (κ2) is 7.56. The Balaban J connectivity index is 1.51. The maximum atomic E-state index is 12.7. The van der Waals surface area contributed by atoms with Crippen LogP contribution in [0, 0.1) is 0 Å². The Hall–Kier alpha value is -2.24. The smallest absolute Gasteiger partial charge is 0.410 e. The van der Waals surface area contributed by atoms with Crippen LogP contribution in [0.5, 0.6) is 0 Å². The topological polar surface area (TPSA) is 55.6 Å². The first kappa shape index (κ1) is 17.2.